The minimum atomic E-state index is 0.222. The molecule has 0 heterocycles. The van der Waals surface area contributed by atoms with E-state index in [9.17, 15) is 4.79 Å². The average molecular weight is 276 g/mol. The smallest absolute Gasteiger partial charge is 0.226 e. The van der Waals surface area contributed by atoms with Crippen LogP contribution < -0.4 is 5.73 Å². The van der Waals surface area contributed by atoms with E-state index in [1.165, 1.54) is 0 Å². The molecule has 0 atom stereocenters. The van der Waals surface area contributed by atoms with E-state index >= 15 is 0 Å². The Labute approximate surface area is 123 Å². The molecule has 0 unspecified atom stereocenters. The molecule has 20 heavy (non-hydrogen) atoms. The molecule has 0 aliphatic rings. The van der Waals surface area contributed by atoms with E-state index < -0.39 is 0 Å². The van der Waals surface area contributed by atoms with Gasteiger partial charge in [0, 0.05) is 19.6 Å². The zero-order valence-electron chi connectivity index (χ0n) is 13.1. The molecule has 0 saturated heterocycles. The summed E-state index contributed by atoms with van der Waals surface area (Å²) in [7, 11) is 0. The second kappa shape index (κ2) is 8.75. The van der Waals surface area contributed by atoms with Gasteiger partial charge in [0.1, 0.15) is 0 Å². The topological polar surface area (TPSA) is 46.3 Å². The van der Waals surface area contributed by atoms with Crippen LogP contribution in [-0.2, 0) is 17.8 Å². The molecule has 0 aromatic heterocycles. The minimum absolute atomic E-state index is 0.222. The van der Waals surface area contributed by atoms with Crippen molar-refractivity contribution in [3.63, 3.8) is 0 Å². The summed E-state index contributed by atoms with van der Waals surface area (Å²) in [5.74, 6) is 0.832. The maximum Gasteiger partial charge on any atom is 0.226 e. The first-order valence-corrected chi connectivity index (χ1v) is 7.70. The SMILES string of the molecule is CCC(CC)CN(CC)C(=O)Cc1ccc(CN)cc1. The fraction of sp³-hybridized carbons (Fsp3) is 0.588. The number of hydrogen-bond donors (Lipinski definition) is 1. The number of rotatable bonds is 8. The molecule has 0 radical (unpaired) electrons. The van der Waals surface area contributed by atoms with E-state index in [-0.39, 0.29) is 5.91 Å². The van der Waals surface area contributed by atoms with Gasteiger partial charge in [0.2, 0.25) is 5.91 Å². The first-order chi connectivity index (χ1) is 9.64. The number of nitrogens with zero attached hydrogens (tertiary/aromatic N) is 1. The van der Waals surface area contributed by atoms with Crippen LogP contribution in [0.15, 0.2) is 24.3 Å². The van der Waals surface area contributed by atoms with Gasteiger partial charge < -0.3 is 10.6 Å². The van der Waals surface area contributed by atoms with Crippen LogP contribution in [0, 0.1) is 5.92 Å². The predicted octanol–water partition coefficient (Wildman–Crippen LogP) is 2.97. The van der Waals surface area contributed by atoms with Gasteiger partial charge in [-0.2, -0.15) is 0 Å². The lowest BCUT2D eigenvalue weighted by molar-refractivity contribution is -0.130. The highest BCUT2D eigenvalue weighted by Gasteiger charge is 2.15. The quantitative estimate of drug-likeness (QED) is 0.793. The molecule has 0 fully saturated rings. The number of nitrogens with two attached hydrogens (primary N) is 1. The van der Waals surface area contributed by atoms with Gasteiger partial charge in [-0.25, -0.2) is 0 Å². The second-order valence-corrected chi connectivity index (χ2v) is 5.31. The van der Waals surface area contributed by atoms with Crippen molar-refractivity contribution >= 4 is 5.91 Å². The van der Waals surface area contributed by atoms with Crippen LogP contribution in [0.5, 0.6) is 0 Å². The van der Waals surface area contributed by atoms with E-state index in [0.717, 1.165) is 37.1 Å². The number of likely N-dealkylation sites (N-methyl/N-ethyl adjacent to an activating group) is 1. The van der Waals surface area contributed by atoms with Crippen molar-refractivity contribution < 1.29 is 4.79 Å². The molecule has 3 nitrogen and oxygen atoms in total. The molecule has 112 valence electrons. The Bertz CT molecular complexity index is 396. The summed E-state index contributed by atoms with van der Waals surface area (Å²) in [5.41, 5.74) is 7.75. The van der Waals surface area contributed by atoms with Crippen molar-refractivity contribution in [2.75, 3.05) is 13.1 Å². The largest absolute Gasteiger partial charge is 0.342 e. The van der Waals surface area contributed by atoms with Gasteiger partial charge in [-0.3, -0.25) is 4.79 Å². The van der Waals surface area contributed by atoms with Crippen molar-refractivity contribution in [2.24, 2.45) is 11.7 Å². The van der Waals surface area contributed by atoms with Crippen molar-refractivity contribution in [2.45, 2.75) is 46.6 Å². The highest BCUT2D eigenvalue weighted by atomic mass is 16.2. The minimum Gasteiger partial charge on any atom is -0.342 e. The lowest BCUT2D eigenvalue weighted by Gasteiger charge is -2.25. The van der Waals surface area contributed by atoms with Gasteiger partial charge in [-0.15, -0.1) is 0 Å². The normalized spacial score (nSPS) is 10.8. The molecule has 1 rings (SSSR count). The molecule has 1 aromatic carbocycles. The summed E-state index contributed by atoms with van der Waals surface area (Å²) in [6, 6.07) is 8.01. The summed E-state index contributed by atoms with van der Waals surface area (Å²) >= 11 is 0. The Morgan fingerprint density at radius 2 is 1.65 bits per heavy atom. The fourth-order valence-corrected chi connectivity index (χ4v) is 2.35. The third kappa shape index (κ3) is 4.97. The van der Waals surface area contributed by atoms with E-state index in [4.69, 9.17) is 5.73 Å². The Hall–Kier alpha value is -1.35. The van der Waals surface area contributed by atoms with Gasteiger partial charge in [-0.1, -0.05) is 51.0 Å². The molecule has 0 aliphatic carbocycles. The fourth-order valence-electron chi connectivity index (χ4n) is 2.35. The van der Waals surface area contributed by atoms with Gasteiger partial charge in [0.25, 0.3) is 0 Å². The van der Waals surface area contributed by atoms with Gasteiger partial charge in [-0.05, 0) is 24.0 Å². The molecule has 2 N–H and O–H groups in total. The number of hydrogen-bond acceptors (Lipinski definition) is 2. The maximum absolute atomic E-state index is 12.4. The van der Waals surface area contributed by atoms with Gasteiger partial charge in [0.05, 0.1) is 6.42 Å². The highest BCUT2D eigenvalue weighted by Crippen LogP contribution is 2.12. The Kier molecular flexibility index (Phi) is 7.31. The van der Waals surface area contributed by atoms with Gasteiger partial charge in [0.15, 0.2) is 0 Å². The van der Waals surface area contributed by atoms with E-state index in [2.05, 4.69) is 20.8 Å². The first kappa shape index (κ1) is 16.7. The van der Waals surface area contributed by atoms with Crippen molar-refractivity contribution in [3.8, 4) is 0 Å². The molecule has 0 aliphatic heterocycles. The zero-order valence-corrected chi connectivity index (χ0v) is 13.1. The molecular formula is C17H28N2O. The lowest BCUT2D eigenvalue weighted by atomic mass is 10.0. The third-order valence-electron chi connectivity index (χ3n) is 3.98. The summed E-state index contributed by atoms with van der Waals surface area (Å²) < 4.78 is 0. The van der Waals surface area contributed by atoms with E-state index in [1.807, 2.05) is 29.2 Å². The number of carbonyl (C=O) groups is 1. The first-order valence-electron chi connectivity index (χ1n) is 7.70. The molecule has 0 saturated carbocycles. The highest BCUT2D eigenvalue weighted by molar-refractivity contribution is 5.78. The molecule has 1 aromatic rings. The Morgan fingerprint density at radius 3 is 2.10 bits per heavy atom. The summed E-state index contributed by atoms with van der Waals surface area (Å²) in [4.78, 5) is 14.3. The molecular weight excluding hydrogens is 248 g/mol. The van der Waals surface area contributed by atoms with Crippen molar-refractivity contribution in [1.29, 1.82) is 0 Å². The van der Waals surface area contributed by atoms with Crippen LogP contribution in [-0.4, -0.2) is 23.9 Å². The maximum atomic E-state index is 12.4. The monoisotopic (exact) mass is 276 g/mol. The molecule has 0 spiro atoms. The van der Waals surface area contributed by atoms with Crippen LogP contribution in [0.25, 0.3) is 0 Å². The van der Waals surface area contributed by atoms with Crippen molar-refractivity contribution in [3.05, 3.63) is 35.4 Å². The number of benzene rings is 1. The van der Waals surface area contributed by atoms with E-state index in [1.54, 1.807) is 0 Å². The molecule has 3 heteroatoms. The molecule has 0 bridgehead atoms. The standard InChI is InChI=1S/C17H28N2O/c1-4-14(5-2)13-19(6-3)17(20)11-15-7-9-16(12-18)10-8-15/h7-10,14H,4-6,11-13,18H2,1-3H3. The van der Waals surface area contributed by atoms with Crippen LogP contribution in [0.4, 0.5) is 0 Å². The zero-order chi connectivity index (χ0) is 15.0. The summed E-state index contributed by atoms with van der Waals surface area (Å²) in [6.07, 6.45) is 2.75. The second-order valence-electron chi connectivity index (χ2n) is 5.31. The van der Waals surface area contributed by atoms with Crippen LogP contribution >= 0.6 is 0 Å². The third-order valence-corrected chi connectivity index (χ3v) is 3.98. The van der Waals surface area contributed by atoms with Crippen LogP contribution in [0.2, 0.25) is 0 Å². The lowest BCUT2D eigenvalue weighted by Crippen LogP contribution is -2.36. The van der Waals surface area contributed by atoms with E-state index in [0.29, 0.717) is 18.9 Å². The van der Waals surface area contributed by atoms with Crippen LogP contribution in [0.1, 0.15) is 44.7 Å². The van der Waals surface area contributed by atoms with Gasteiger partial charge >= 0.3 is 0 Å². The molecule has 1 amide bonds. The average Bonchev–Trinajstić information content (AvgIpc) is 2.49. The van der Waals surface area contributed by atoms with Crippen molar-refractivity contribution in [1.82, 2.24) is 4.90 Å². The summed E-state index contributed by atoms with van der Waals surface area (Å²) in [6.45, 7) is 8.65. The number of carbonyl (C=O) groups excluding carboxylic acids is 1. The summed E-state index contributed by atoms with van der Waals surface area (Å²) in [5, 5.41) is 0. The Morgan fingerprint density at radius 1 is 1.10 bits per heavy atom. The Balaban J connectivity index is 2.61. The van der Waals surface area contributed by atoms with Crippen LogP contribution in [0.3, 0.4) is 0 Å². The number of amides is 1. The predicted molar refractivity (Wildman–Crippen MR) is 84.4 cm³/mol.